The molecule has 15 heavy (non-hydrogen) atoms. The van der Waals surface area contributed by atoms with E-state index in [4.69, 9.17) is 16.7 Å². The minimum atomic E-state index is 0.229. The Morgan fingerprint density at radius 3 is 3.13 bits per heavy atom. The van der Waals surface area contributed by atoms with Gasteiger partial charge in [-0.1, -0.05) is 0 Å². The van der Waals surface area contributed by atoms with Crippen molar-refractivity contribution in [2.75, 3.05) is 24.6 Å². The number of aromatic nitrogens is 2. The second-order valence-electron chi connectivity index (χ2n) is 3.59. The molecule has 1 aromatic rings. The van der Waals surface area contributed by atoms with Crippen LogP contribution >= 0.6 is 27.5 Å². The lowest BCUT2D eigenvalue weighted by Crippen LogP contribution is -2.22. The van der Waals surface area contributed by atoms with Gasteiger partial charge in [0.2, 0.25) is 5.28 Å². The quantitative estimate of drug-likeness (QED) is 0.843. The highest BCUT2D eigenvalue weighted by Crippen LogP contribution is 2.28. The number of halogens is 2. The molecule has 0 saturated carbocycles. The zero-order valence-corrected chi connectivity index (χ0v) is 10.4. The Hall–Kier alpha value is -0.390. The van der Waals surface area contributed by atoms with Crippen LogP contribution in [0.3, 0.4) is 0 Å². The zero-order valence-electron chi connectivity index (χ0n) is 8.03. The van der Waals surface area contributed by atoms with E-state index >= 15 is 0 Å². The molecule has 0 radical (unpaired) electrons. The molecule has 1 saturated heterocycles. The van der Waals surface area contributed by atoms with Crippen molar-refractivity contribution in [3.05, 3.63) is 16.0 Å². The van der Waals surface area contributed by atoms with Gasteiger partial charge in [0.15, 0.2) is 0 Å². The van der Waals surface area contributed by atoms with Crippen molar-refractivity contribution in [2.24, 2.45) is 5.92 Å². The average molecular weight is 293 g/mol. The van der Waals surface area contributed by atoms with Crippen molar-refractivity contribution in [3.63, 3.8) is 0 Å². The average Bonchev–Trinajstić information content (AvgIpc) is 2.70. The maximum atomic E-state index is 9.06. The first-order valence-electron chi connectivity index (χ1n) is 4.74. The summed E-state index contributed by atoms with van der Waals surface area (Å²) >= 11 is 9.14. The first-order chi connectivity index (χ1) is 7.20. The molecule has 1 aliphatic heterocycles. The topological polar surface area (TPSA) is 49.2 Å². The standard InChI is InChI=1S/C9H11BrClN3O/c10-7-3-12-9(11)13-8(7)14-2-1-6(4-14)5-15/h3,6,15H,1-2,4-5H2. The smallest absolute Gasteiger partial charge is 0.224 e. The van der Waals surface area contributed by atoms with Gasteiger partial charge in [0.05, 0.1) is 4.47 Å². The third-order valence-corrected chi connectivity index (χ3v) is 3.28. The fraction of sp³-hybridized carbons (Fsp3) is 0.556. The van der Waals surface area contributed by atoms with E-state index in [1.165, 1.54) is 0 Å². The first kappa shape index (κ1) is 11.1. The summed E-state index contributed by atoms with van der Waals surface area (Å²) in [7, 11) is 0. The summed E-state index contributed by atoms with van der Waals surface area (Å²) in [6, 6.07) is 0. The Labute approximate surface area is 101 Å². The van der Waals surface area contributed by atoms with Gasteiger partial charge in [-0.05, 0) is 34.0 Å². The van der Waals surface area contributed by atoms with Crippen molar-refractivity contribution in [3.8, 4) is 0 Å². The van der Waals surface area contributed by atoms with E-state index in [2.05, 4.69) is 30.8 Å². The van der Waals surface area contributed by atoms with Crippen molar-refractivity contribution >= 4 is 33.3 Å². The lowest BCUT2D eigenvalue weighted by atomic mass is 10.1. The lowest BCUT2D eigenvalue weighted by molar-refractivity contribution is 0.238. The highest BCUT2D eigenvalue weighted by atomic mass is 79.9. The molecule has 2 rings (SSSR count). The number of hydrogen-bond donors (Lipinski definition) is 1. The van der Waals surface area contributed by atoms with Crippen LogP contribution in [-0.2, 0) is 0 Å². The summed E-state index contributed by atoms with van der Waals surface area (Å²) in [6.07, 6.45) is 2.64. The van der Waals surface area contributed by atoms with E-state index in [1.807, 2.05) is 0 Å². The first-order valence-corrected chi connectivity index (χ1v) is 5.91. The minimum absolute atomic E-state index is 0.229. The Balaban J connectivity index is 2.19. The van der Waals surface area contributed by atoms with Gasteiger partial charge in [-0.3, -0.25) is 0 Å². The summed E-state index contributed by atoms with van der Waals surface area (Å²) < 4.78 is 0.838. The molecule has 1 N–H and O–H groups in total. The van der Waals surface area contributed by atoms with E-state index in [-0.39, 0.29) is 11.9 Å². The Kier molecular flexibility index (Phi) is 3.43. The number of aliphatic hydroxyl groups is 1. The van der Waals surface area contributed by atoms with Gasteiger partial charge < -0.3 is 10.0 Å². The van der Waals surface area contributed by atoms with E-state index in [0.29, 0.717) is 5.92 Å². The summed E-state index contributed by atoms with van der Waals surface area (Å²) in [5, 5.41) is 9.31. The van der Waals surface area contributed by atoms with Gasteiger partial charge in [-0.25, -0.2) is 4.98 Å². The Morgan fingerprint density at radius 2 is 2.47 bits per heavy atom. The van der Waals surface area contributed by atoms with Crippen molar-refractivity contribution in [1.29, 1.82) is 0 Å². The van der Waals surface area contributed by atoms with E-state index in [1.54, 1.807) is 6.20 Å². The van der Waals surface area contributed by atoms with Crippen LogP contribution in [0.25, 0.3) is 0 Å². The van der Waals surface area contributed by atoms with E-state index in [0.717, 1.165) is 29.8 Å². The fourth-order valence-corrected chi connectivity index (χ4v) is 2.30. The molecule has 82 valence electrons. The molecule has 0 aliphatic carbocycles. The molecule has 2 heterocycles. The molecule has 1 aromatic heterocycles. The number of hydrogen-bond acceptors (Lipinski definition) is 4. The lowest BCUT2D eigenvalue weighted by Gasteiger charge is -2.18. The number of aliphatic hydroxyl groups excluding tert-OH is 1. The molecule has 1 unspecified atom stereocenters. The van der Waals surface area contributed by atoms with Gasteiger partial charge in [0, 0.05) is 31.8 Å². The van der Waals surface area contributed by atoms with Gasteiger partial charge in [0.1, 0.15) is 5.82 Å². The highest BCUT2D eigenvalue weighted by molar-refractivity contribution is 9.10. The molecule has 4 nitrogen and oxygen atoms in total. The van der Waals surface area contributed by atoms with Gasteiger partial charge in [-0.15, -0.1) is 0 Å². The van der Waals surface area contributed by atoms with Crippen LogP contribution in [0.15, 0.2) is 10.7 Å². The highest BCUT2D eigenvalue weighted by Gasteiger charge is 2.24. The minimum Gasteiger partial charge on any atom is -0.396 e. The van der Waals surface area contributed by atoms with Gasteiger partial charge >= 0.3 is 0 Å². The van der Waals surface area contributed by atoms with E-state index < -0.39 is 0 Å². The molecular weight excluding hydrogens is 281 g/mol. The second-order valence-corrected chi connectivity index (χ2v) is 4.79. The molecule has 0 aromatic carbocycles. The van der Waals surface area contributed by atoms with Gasteiger partial charge in [0.25, 0.3) is 0 Å². The van der Waals surface area contributed by atoms with Crippen LogP contribution in [0.2, 0.25) is 5.28 Å². The predicted octanol–water partition coefficient (Wildman–Crippen LogP) is 1.71. The summed E-state index contributed by atoms with van der Waals surface area (Å²) in [4.78, 5) is 10.2. The summed E-state index contributed by atoms with van der Waals surface area (Å²) in [5.74, 6) is 1.15. The van der Waals surface area contributed by atoms with E-state index in [9.17, 15) is 0 Å². The van der Waals surface area contributed by atoms with Crippen LogP contribution < -0.4 is 4.90 Å². The molecule has 0 bridgehead atoms. The largest absolute Gasteiger partial charge is 0.396 e. The SMILES string of the molecule is OCC1CCN(c2nc(Cl)ncc2Br)C1. The van der Waals surface area contributed by atoms with Gasteiger partial charge in [-0.2, -0.15) is 4.98 Å². The van der Waals surface area contributed by atoms with Crippen LogP contribution in [0, 0.1) is 5.92 Å². The number of anilines is 1. The predicted molar refractivity (Wildman–Crippen MR) is 62.1 cm³/mol. The van der Waals surface area contributed by atoms with Crippen LogP contribution in [0.1, 0.15) is 6.42 Å². The molecule has 1 fully saturated rings. The third kappa shape index (κ3) is 2.41. The second kappa shape index (κ2) is 4.63. The van der Waals surface area contributed by atoms with Crippen LogP contribution in [-0.4, -0.2) is 34.8 Å². The summed E-state index contributed by atoms with van der Waals surface area (Å²) in [5.41, 5.74) is 0. The maximum absolute atomic E-state index is 9.06. The molecular formula is C9H11BrClN3O. The fourth-order valence-electron chi connectivity index (χ4n) is 1.73. The molecule has 1 atom stereocenters. The molecule has 1 aliphatic rings. The van der Waals surface area contributed by atoms with Crippen molar-refractivity contribution in [1.82, 2.24) is 9.97 Å². The summed E-state index contributed by atoms with van der Waals surface area (Å²) in [6.45, 7) is 1.95. The molecule has 0 spiro atoms. The molecule has 0 amide bonds. The number of nitrogens with zero attached hydrogens (tertiary/aromatic N) is 3. The third-order valence-electron chi connectivity index (χ3n) is 2.54. The maximum Gasteiger partial charge on any atom is 0.224 e. The normalized spacial score (nSPS) is 21.0. The number of rotatable bonds is 2. The van der Waals surface area contributed by atoms with Crippen molar-refractivity contribution < 1.29 is 5.11 Å². The van der Waals surface area contributed by atoms with Crippen molar-refractivity contribution in [2.45, 2.75) is 6.42 Å². The molecule has 6 heteroatoms. The monoisotopic (exact) mass is 291 g/mol. The zero-order chi connectivity index (χ0) is 10.8. The van der Waals surface area contributed by atoms with Crippen LogP contribution in [0.5, 0.6) is 0 Å². The Bertz CT molecular complexity index is 363. The van der Waals surface area contributed by atoms with Crippen LogP contribution in [0.4, 0.5) is 5.82 Å². The Morgan fingerprint density at radius 1 is 1.67 bits per heavy atom.